The minimum Gasteiger partial charge on any atom is -0.357 e. The van der Waals surface area contributed by atoms with Crippen LogP contribution in [0.25, 0.3) is 0 Å². The van der Waals surface area contributed by atoms with Crippen LogP contribution in [0.4, 0.5) is 13.2 Å². The molecule has 0 aliphatic carbocycles. The van der Waals surface area contributed by atoms with Crippen molar-refractivity contribution in [3.05, 3.63) is 16.1 Å². The van der Waals surface area contributed by atoms with Crippen LogP contribution in [0.5, 0.6) is 0 Å². The van der Waals surface area contributed by atoms with E-state index in [-0.39, 0.29) is 24.0 Å². The van der Waals surface area contributed by atoms with Gasteiger partial charge in [-0.15, -0.1) is 35.3 Å². The van der Waals surface area contributed by atoms with E-state index < -0.39 is 11.9 Å². The summed E-state index contributed by atoms with van der Waals surface area (Å²) in [6.07, 6.45) is -1.47. The van der Waals surface area contributed by atoms with Gasteiger partial charge in [0.1, 0.15) is 0 Å². The Balaban J connectivity index is 0.00000392. The summed E-state index contributed by atoms with van der Waals surface area (Å²) in [7, 11) is 0. The number of aliphatic imine (C=N–C) groups is 1. The normalized spacial score (nSPS) is 17.9. The Bertz CT molecular complexity index is 600. The maximum atomic E-state index is 12.6. The summed E-state index contributed by atoms with van der Waals surface area (Å²) in [5.74, 6) is 1.50. The van der Waals surface area contributed by atoms with Gasteiger partial charge in [-0.3, -0.25) is 9.89 Å². The summed E-state index contributed by atoms with van der Waals surface area (Å²) >= 11 is 1.04. The van der Waals surface area contributed by atoms with E-state index in [1.54, 1.807) is 0 Å². The first-order valence-corrected chi connectivity index (χ1v) is 10.5. The number of thiazole rings is 1. The van der Waals surface area contributed by atoms with E-state index in [0.29, 0.717) is 36.5 Å². The molecule has 0 bridgehead atoms. The summed E-state index contributed by atoms with van der Waals surface area (Å²) in [6, 6.07) is 0.376. The van der Waals surface area contributed by atoms with Gasteiger partial charge in [0.25, 0.3) is 0 Å². The molecule has 10 heteroatoms. The van der Waals surface area contributed by atoms with E-state index in [9.17, 15) is 13.2 Å². The van der Waals surface area contributed by atoms with Gasteiger partial charge in [-0.2, -0.15) is 13.2 Å². The smallest absolute Gasteiger partial charge is 0.357 e. The molecule has 1 aliphatic rings. The standard InChI is InChI=1S/C18H30F3N5S.HI/c1-4-22-17(24-11-14(3)26-9-6-13(2)7-10-26)23-8-5-16-25-15(12-27-16)18(19,20)21;/h12-14H,4-11H2,1-3H3,(H2,22,23,24);1H. The van der Waals surface area contributed by atoms with Crippen LogP contribution in [0, 0.1) is 5.92 Å². The molecule has 0 aromatic carbocycles. The Hall–Kier alpha value is -0.620. The number of piperidine rings is 1. The lowest BCUT2D eigenvalue weighted by molar-refractivity contribution is -0.140. The molecule has 0 saturated carbocycles. The van der Waals surface area contributed by atoms with Crippen LogP contribution in [-0.2, 0) is 12.6 Å². The third-order valence-corrected chi connectivity index (χ3v) is 5.68. The van der Waals surface area contributed by atoms with Crippen molar-refractivity contribution in [2.24, 2.45) is 10.9 Å². The van der Waals surface area contributed by atoms with Gasteiger partial charge < -0.3 is 10.6 Å². The zero-order chi connectivity index (χ0) is 19.9. The Labute approximate surface area is 186 Å². The first-order chi connectivity index (χ1) is 12.8. The highest BCUT2D eigenvalue weighted by molar-refractivity contribution is 14.0. The van der Waals surface area contributed by atoms with E-state index in [4.69, 9.17) is 0 Å². The number of hydrogen-bond acceptors (Lipinski definition) is 4. The summed E-state index contributed by atoms with van der Waals surface area (Å²) in [5.41, 5.74) is -0.812. The monoisotopic (exact) mass is 533 g/mol. The second-order valence-electron chi connectivity index (χ2n) is 7.09. The largest absolute Gasteiger partial charge is 0.434 e. The van der Waals surface area contributed by atoms with Gasteiger partial charge >= 0.3 is 6.18 Å². The molecule has 2 rings (SSSR count). The first-order valence-electron chi connectivity index (χ1n) is 9.57. The fraction of sp³-hybridized carbons (Fsp3) is 0.778. The number of guanidine groups is 1. The van der Waals surface area contributed by atoms with Crippen molar-refractivity contribution < 1.29 is 13.2 Å². The molecule has 28 heavy (non-hydrogen) atoms. The minimum absolute atomic E-state index is 0. The third-order valence-electron chi connectivity index (χ3n) is 4.77. The minimum atomic E-state index is -4.37. The lowest BCUT2D eigenvalue weighted by atomic mass is 9.98. The van der Waals surface area contributed by atoms with Gasteiger partial charge in [0, 0.05) is 30.9 Å². The molecular weight excluding hydrogens is 502 g/mol. The van der Waals surface area contributed by atoms with Crippen LogP contribution in [0.2, 0.25) is 0 Å². The molecule has 1 aromatic heterocycles. The number of alkyl halides is 3. The summed E-state index contributed by atoms with van der Waals surface area (Å²) < 4.78 is 37.8. The van der Waals surface area contributed by atoms with Crippen LogP contribution in [0.1, 0.15) is 44.3 Å². The van der Waals surface area contributed by atoms with Gasteiger partial charge in [0.2, 0.25) is 0 Å². The number of likely N-dealkylation sites (tertiary alicyclic amines) is 1. The van der Waals surface area contributed by atoms with E-state index in [1.807, 2.05) is 6.92 Å². The Kier molecular flexibility index (Phi) is 11.0. The van der Waals surface area contributed by atoms with Crippen molar-refractivity contribution in [3.8, 4) is 0 Å². The van der Waals surface area contributed by atoms with E-state index >= 15 is 0 Å². The summed E-state index contributed by atoms with van der Waals surface area (Å²) in [5, 5.41) is 7.91. The number of halogens is 4. The molecule has 5 nitrogen and oxygen atoms in total. The molecule has 2 N–H and O–H groups in total. The number of hydrogen-bond donors (Lipinski definition) is 2. The van der Waals surface area contributed by atoms with Crippen molar-refractivity contribution in [3.63, 3.8) is 0 Å². The van der Waals surface area contributed by atoms with Gasteiger partial charge in [-0.25, -0.2) is 4.98 Å². The van der Waals surface area contributed by atoms with Crippen molar-refractivity contribution >= 4 is 41.3 Å². The number of nitrogens with zero attached hydrogens (tertiary/aromatic N) is 3. The van der Waals surface area contributed by atoms with Gasteiger partial charge in [0.05, 0.1) is 11.6 Å². The second kappa shape index (κ2) is 12.2. The van der Waals surface area contributed by atoms with Gasteiger partial charge in [-0.05, 0) is 45.7 Å². The van der Waals surface area contributed by atoms with Crippen LogP contribution in [0.3, 0.4) is 0 Å². The molecule has 1 aromatic rings. The maximum Gasteiger partial charge on any atom is 0.434 e. The SMILES string of the molecule is CCNC(=NCC(C)N1CCC(C)CC1)NCCc1nc(C(F)(F)F)cs1.I. The lowest BCUT2D eigenvalue weighted by Crippen LogP contribution is -2.43. The number of nitrogens with one attached hydrogen (secondary N) is 2. The molecule has 1 saturated heterocycles. The predicted molar refractivity (Wildman–Crippen MR) is 120 cm³/mol. The highest BCUT2D eigenvalue weighted by Gasteiger charge is 2.33. The van der Waals surface area contributed by atoms with E-state index in [0.717, 1.165) is 42.3 Å². The summed E-state index contributed by atoms with van der Waals surface area (Å²) in [4.78, 5) is 10.8. The molecule has 1 atom stereocenters. The highest BCUT2D eigenvalue weighted by Crippen LogP contribution is 2.30. The van der Waals surface area contributed by atoms with Crippen LogP contribution in [-0.4, -0.2) is 54.6 Å². The molecule has 162 valence electrons. The predicted octanol–water partition coefficient (Wildman–Crippen LogP) is 4.00. The third kappa shape index (κ3) is 8.40. The zero-order valence-electron chi connectivity index (χ0n) is 16.7. The van der Waals surface area contributed by atoms with Crippen molar-refractivity contribution in [2.45, 2.75) is 52.3 Å². The van der Waals surface area contributed by atoms with Gasteiger partial charge in [0.15, 0.2) is 11.7 Å². The van der Waals surface area contributed by atoms with Crippen LogP contribution < -0.4 is 10.6 Å². The molecule has 1 aliphatic heterocycles. The van der Waals surface area contributed by atoms with Crippen molar-refractivity contribution in [1.29, 1.82) is 0 Å². The highest BCUT2D eigenvalue weighted by atomic mass is 127. The fourth-order valence-electron chi connectivity index (χ4n) is 2.99. The number of aromatic nitrogens is 1. The molecule has 0 amide bonds. The van der Waals surface area contributed by atoms with Crippen molar-refractivity contribution in [1.82, 2.24) is 20.5 Å². The Morgan fingerprint density at radius 3 is 2.61 bits per heavy atom. The zero-order valence-corrected chi connectivity index (χ0v) is 19.8. The summed E-state index contributed by atoms with van der Waals surface area (Å²) in [6.45, 7) is 10.6. The average molecular weight is 533 g/mol. The average Bonchev–Trinajstić information content (AvgIpc) is 3.09. The van der Waals surface area contributed by atoms with Crippen LogP contribution >= 0.6 is 35.3 Å². The topological polar surface area (TPSA) is 52.6 Å². The maximum absolute atomic E-state index is 12.6. The Morgan fingerprint density at radius 1 is 1.36 bits per heavy atom. The van der Waals surface area contributed by atoms with E-state index in [2.05, 4.69) is 39.4 Å². The number of rotatable bonds is 7. The Morgan fingerprint density at radius 2 is 2.04 bits per heavy atom. The molecule has 0 radical (unpaired) electrons. The molecule has 2 heterocycles. The molecule has 0 spiro atoms. The van der Waals surface area contributed by atoms with E-state index in [1.165, 1.54) is 12.8 Å². The molecule has 1 unspecified atom stereocenters. The lowest BCUT2D eigenvalue weighted by Gasteiger charge is -2.34. The van der Waals surface area contributed by atoms with Crippen molar-refractivity contribution in [2.75, 3.05) is 32.7 Å². The second-order valence-corrected chi connectivity index (χ2v) is 8.03. The quantitative estimate of drug-likeness (QED) is 0.316. The molecule has 1 fully saturated rings. The molecular formula is C18H31F3IN5S. The van der Waals surface area contributed by atoms with Crippen LogP contribution in [0.15, 0.2) is 10.4 Å². The first kappa shape index (κ1) is 25.4. The fourth-order valence-corrected chi connectivity index (χ4v) is 3.80. The van der Waals surface area contributed by atoms with Gasteiger partial charge in [-0.1, -0.05) is 6.92 Å².